The van der Waals surface area contributed by atoms with Gasteiger partial charge in [-0.05, 0) is 18.8 Å². The van der Waals surface area contributed by atoms with Crippen molar-refractivity contribution in [1.29, 1.82) is 0 Å². The lowest BCUT2D eigenvalue weighted by molar-refractivity contribution is -0.145. The number of rotatable bonds is 3. The van der Waals surface area contributed by atoms with Crippen LogP contribution in [0.1, 0.15) is 19.3 Å². The van der Waals surface area contributed by atoms with Gasteiger partial charge in [0, 0.05) is 13.0 Å². The molecule has 0 aromatic heterocycles. The maximum Gasteiger partial charge on any atom is 0.144 e. The maximum atomic E-state index is 11.5. The van der Waals surface area contributed by atoms with Crippen molar-refractivity contribution in [2.75, 3.05) is 19.8 Å². The van der Waals surface area contributed by atoms with E-state index >= 15 is 0 Å². The molecule has 76 valence electrons. The summed E-state index contributed by atoms with van der Waals surface area (Å²) in [7, 11) is 0. The molecule has 0 heterocycles. The summed E-state index contributed by atoms with van der Waals surface area (Å²) in [6.45, 7) is -0.881. The van der Waals surface area contributed by atoms with Crippen molar-refractivity contribution in [2.45, 2.75) is 19.3 Å². The van der Waals surface area contributed by atoms with Crippen molar-refractivity contribution < 1.29 is 20.1 Å². The van der Waals surface area contributed by atoms with Gasteiger partial charge >= 0.3 is 0 Å². The van der Waals surface area contributed by atoms with Gasteiger partial charge in [-0.15, -0.1) is 0 Å². The average molecular weight is 188 g/mol. The summed E-state index contributed by atoms with van der Waals surface area (Å²) < 4.78 is 0. The highest BCUT2D eigenvalue weighted by molar-refractivity contribution is 5.86. The van der Waals surface area contributed by atoms with Gasteiger partial charge in [0.05, 0.1) is 18.6 Å². The first-order chi connectivity index (χ1) is 6.21. The molecule has 0 bridgehead atoms. The smallest absolute Gasteiger partial charge is 0.144 e. The zero-order valence-electron chi connectivity index (χ0n) is 7.57. The Kier molecular flexibility index (Phi) is 3.41. The van der Waals surface area contributed by atoms with Crippen LogP contribution in [-0.2, 0) is 4.79 Å². The highest BCUT2D eigenvalue weighted by atomic mass is 16.3. The van der Waals surface area contributed by atoms with E-state index in [-0.39, 0.29) is 31.5 Å². The van der Waals surface area contributed by atoms with E-state index in [1.54, 1.807) is 0 Å². The number of carbonyl (C=O) groups excluding carboxylic acids is 1. The standard InChI is InChI=1S/C9H16O4/c10-4-7-2-1-3-8(13)9(7,5-11)6-12/h7,10-12H,1-6H2. The predicted octanol–water partition coefficient (Wildman–Crippen LogP) is -0.681. The minimum Gasteiger partial charge on any atom is -0.396 e. The van der Waals surface area contributed by atoms with Gasteiger partial charge in [0.1, 0.15) is 5.78 Å². The van der Waals surface area contributed by atoms with Gasteiger partial charge in [0.15, 0.2) is 0 Å². The highest BCUT2D eigenvalue weighted by Crippen LogP contribution is 2.37. The number of aliphatic hydroxyl groups is 3. The third-order valence-corrected chi connectivity index (χ3v) is 3.08. The molecular weight excluding hydrogens is 172 g/mol. The normalized spacial score (nSPS) is 27.6. The largest absolute Gasteiger partial charge is 0.396 e. The number of aliphatic hydroxyl groups excluding tert-OH is 3. The monoisotopic (exact) mass is 188 g/mol. The van der Waals surface area contributed by atoms with E-state index in [0.717, 1.165) is 6.42 Å². The van der Waals surface area contributed by atoms with Crippen molar-refractivity contribution >= 4 is 5.78 Å². The van der Waals surface area contributed by atoms with Gasteiger partial charge in [-0.3, -0.25) is 4.79 Å². The lowest BCUT2D eigenvalue weighted by atomic mass is 9.66. The summed E-state index contributed by atoms with van der Waals surface area (Å²) in [6.07, 6.45) is 1.84. The average Bonchev–Trinajstić information content (AvgIpc) is 2.18. The second-order valence-electron chi connectivity index (χ2n) is 3.67. The number of Topliss-reactive ketones (excluding diaryl/α,β-unsaturated/α-hetero) is 1. The minimum atomic E-state index is -1.09. The molecule has 0 aromatic rings. The molecule has 3 N–H and O–H groups in total. The molecule has 1 atom stereocenters. The van der Waals surface area contributed by atoms with E-state index in [2.05, 4.69) is 0 Å². The Hall–Kier alpha value is -0.450. The van der Waals surface area contributed by atoms with Crippen LogP contribution >= 0.6 is 0 Å². The molecule has 1 aliphatic rings. The van der Waals surface area contributed by atoms with Gasteiger partial charge in [0.25, 0.3) is 0 Å². The molecule has 0 aliphatic heterocycles. The maximum absolute atomic E-state index is 11.5. The van der Waals surface area contributed by atoms with Crippen LogP contribution in [0.5, 0.6) is 0 Å². The van der Waals surface area contributed by atoms with Crippen molar-refractivity contribution in [3.8, 4) is 0 Å². The Balaban J connectivity index is 2.88. The Morgan fingerprint density at radius 1 is 1.31 bits per heavy atom. The number of ketones is 1. The Bertz CT molecular complexity index is 186. The van der Waals surface area contributed by atoms with E-state index in [0.29, 0.717) is 12.8 Å². The third-order valence-electron chi connectivity index (χ3n) is 3.08. The molecule has 0 radical (unpaired) electrons. The van der Waals surface area contributed by atoms with E-state index in [1.165, 1.54) is 0 Å². The Morgan fingerprint density at radius 3 is 2.31 bits per heavy atom. The first-order valence-electron chi connectivity index (χ1n) is 4.57. The lowest BCUT2D eigenvalue weighted by Gasteiger charge is -2.39. The van der Waals surface area contributed by atoms with E-state index in [1.807, 2.05) is 0 Å². The SMILES string of the molecule is O=C1CCCC(CO)C1(CO)CO. The van der Waals surface area contributed by atoms with Crippen LogP contribution in [-0.4, -0.2) is 40.9 Å². The van der Waals surface area contributed by atoms with E-state index in [9.17, 15) is 4.79 Å². The summed E-state index contributed by atoms with van der Waals surface area (Å²) in [6, 6.07) is 0. The molecule has 4 heteroatoms. The molecule has 1 rings (SSSR count). The highest BCUT2D eigenvalue weighted by Gasteiger charge is 2.46. The molecule has 0 amide bonds. The molecule has 1 fully saturated rings. The third kappa shape index (κ3) is 1.61. The zero-order chi connectivity index (χ0) is 9.90. The van der Waals surface area contributed by atoms with Crippen LogP contribution < -0.4 is 0 Å². The quantitative estimate of drug-likeness (QED) is 0.548. The zero-order valence-corrected chi connectivity index (χ0v) is 7.57. The Labute approximate surface area is 77.2 Å². The van der Waals surface area contributed by atoms with Crippen molar-refractivity contribution in [3.63, 3.8) is 0 Å². The molecule has 4 nitrogen and oxygen atoms in total. The Morgan fingerprint density at radius 2 is 1.92 bits per heavy atom. The molecule has 13 heavy (non-hydrogen) atoms. The lowest BCUT2D eigenvalue weighted by Crippen LogP contribution is -2.49. The van der Waals surface area contributed by atoms with Crippen molar-refractivity contribution in [2.24, 2.45) is 11.3 Å². The molecule has 1 saturated carbocycles. The van der Waals surface area contributed by atoms with Crippen LogP contribution in [0.4, 0.5) is 0 Å². The molecule has 0 saturated heterocycles. The van der Waals surface area contributed by atoms with Gasteiger partial charge < -0.3 is 15.3 Å². The van der Waals surface area contributed by atoms with Gasteiger partial charge in [-0.2, -0.15) is 0 Å². The summed E-state index contributed by atoms with van der Waals surface area (Å²) in [5.41, 5.74) is -1.09. The summed E-state index contributed by atoms with van der Waals surface area (Å²) in [5.74, 6) is -0.411. The fourth-order valence-corrected chi connectivity index (χ4v) is 2.01. The molecule has 0 aromatic carbocycles. The van der Waals surface area contributed by atoms with Crippen LogP contribution in [0.15, 0.2) is 0 Å². The second-order valence-corrected chi connectivity index (χ2v) is 3.67. The first-order valence-corrected chi connectivity index (χ1v) is 4.57. The van der Waals surface area contributed by atoms with Crippen LogP contribution in [0.25, 0.3) is 0 Å². The molecule has 1 aliphatic carbocycles. The summed E-state index contributed by atoms with van der Waals surface area (Å²) in [5, 5.41) is 27.3. The fourth-order valence-electron chi connectivity index (χ4n) is 2.01. The van der Waals surface area contributed by atoms with Crippen LogP contribution in [0, 0.1) is 11.3 Å². The number of hydrogen-bond donors (Lipinski definition) is 3. The number of carbonyl (C=O) groups is 1. The van der Waals surface area contributed by atoms with Gasteiger partial charge in [0.2, 0.25) is 0 Å². The van der Waals surface area contributed by atoms with Gasteiger partial charge in [-0.25, -0.2) is 0 Å². The van der Waals surface area contributed by atoms with Crippen LogP contribution in [0.2, 0.25) is 0 Å². The topological polar surface area (TPSA) is 77.8 Å². The second kappa shape index (κ2) is 4.17. The predicted molar refractivity (Wildman–Crippen MR) is 46.0 cm³/mol. The molecule has 0 spiro atoms. The molecular formula is C9H16O4. The first kappa shape index (κ1) is 10.6. The van der Waals surface area contributed by atoms with Crippen molar-refractivity contribution in [1.82, 2.24) is 0 Å². The van der Waals surface area contributed by atoms with E-state index in [4.69, 9.17) is 15.3 Å². The van der Waals surface area contributed by atoms with Crippen molar-refractivity contribution in [3.05, 3.63) is 0 Å². The minimum absolute atomic E-state index is 0.122. The molecule has 1 unspecified atom stereocenters. The fraction of sp³-hybridized carbons (Fsp3) is 0.889. The summed E-state index contributed by atoms with van der Waals surface area (Å²) >= 11 is 0. The van der Waals surface area contributed by atoms with Crippen LogP contribution in [0.3, 0.4) is 0 Å². The van der Waals surface area contributed by atoms with E-state index < -0.39 is 5.41 Å². The van der Waals surface area contributed by atoms with Gasteiger partial charge in [-0.1, -0.05) is 0 Å². The number of hydrogen-bond acceptors (Lipinski definition) is 4. The summed E-state index contributed by atoms with van der Waals surface area (Å²) in [4.78, 5) is 11.5.